The summed E-state index contributed by atoms with van der Waals surface area (Å²) in [6.07, 6.45) is 0.480. The number of nitrogens with one attached hydrogen (secondary N) is 1. The van der Waals surface area contributed by atoms with Crippen LogP contribution in [0.5, 0.6) is 0 Å². The number of rotatable bonds is 2. The molecular weight excluding hydrogens is 266 g/mol. The Kier molecular flexibility index (Phi) is 3.64. The van der Waals surface area contributed by atoms with Crippen LogP contribution < -0.4 is 5.32 Å². The zero-order chi connectivity index (χ0) is 14.2. The predicted molar refractivity (Wildman–Crippen MR) is 71.5 cm³/mol. The van der Waals surface area contributed by atoms with Crippen molar-refractivity contribution in [1.82, 2.24) is 5.32 Å². The topological polar surface area (TPSA) is 75.6 Å². The van der Waals surface area contributed by atoms with Crippen LogP contribution in [0.25, 0.3) is 0 Å². The van der Waals surface area contributed by atoms with E-state index in [4.69, 9.17) is 9.84 Å². The van der Waals surface area contributed by atoms with E-state index in [0.29, 0.717) is 17.8 Å². The van der Waals surface area contributed by atoms with E-state index >= 15 is 0 Å². The zero-order valence-corrected chi connectivity index (χ0v) is 12.0. The second-order valence-electron chi connectivity index (χ2n) is 5.54. The second-order valence-corrected chi connectivity index (χ2v) is 6.67. The number of fused-ring (bicyclic) bond motifs is 1. The van der Waals surface area contributed by atoms with Gasteiger partial charge < -0.3 is 9.84 Å². The fourth-order valence-electron chi connectivity index (χ4n) is 1.94. The molecule has 1 aromatic heterocycles. The van der Waals surface area contributed by atoms with Crippen LogP contribution in [0.3, 0.4) is 0 Å². The van der Waals surface area contributed by atoms with Crippen molar-refractivity contribution in [2.24, 2.45) is 0 Å². The summed E-state index contributed by atoms with van der Waals surface area (Å²) in [4.78, 5) is 24.2. The van der Waals surface area contributed by atoms with Crippen LogP contribution >= 0.6 is 11.3 Å². The molecule has 0 spiro atoms. The number of hydrogen-bond donors (Lipinski definition) is 2. The molecule has 2 rings (SSSR count). The van der Waals surface area contributed by atoms with Gasteiger partial charge in [0.1, 0.15) is 16.5 Å². The van der Waals surface area contributed by atoms with Crippen LogP contribution in [-0.2, 0) is 22.5 Å². The van der Waals surface area contributed by atoms with E-state index in [-0.39, 0.29) is 5.97 Å². The number of carbonyl (C=O) groups is 2. The average molecular weight is 283 g/mol. The highest BCUT2D eigenvalue weighted by molar-refractivity contribution is 7.14. The van der Waals surface area contributed by atoms with Gasteiger partial charge in [-0.05, 0) is 38.8 Å². The highest BCUT2D eigenvalue weighted by Gasteiger charge is 2.30. The third-order valence-corrected chi connectivity index (χ3v) is 3.90. The van der Waals surface area contributed by atoms with E-state index < -0.39 is 17.6 Å². The van der Waals surface area contributed by atoms with Crippen molar-refractivity contribution in [3.63, 3.8) is 0 Å². The third-order valence-electron chi connectivity index (χ3n) is 2.73. The van der Waals surface area contributed by atoms with Gasteiger partial charge in [0.25, 0.3) is 0 Å². The summed E-state index contributed by atoms with van der Waals surface area (Å²) in [6, 6.07) is 1.25. The van der Waals surface area contributed by atoms with Gasteiger partial charge >= 0.3 is 11.9 Å². The van der Waals surface area contributed by atoms with Crippen molar-refractivity contribution in [3.8, 4) is 0 Å². The van der Waals surface area contributed by atoms with Crippen molar-refractivity contribution >= 4 is 23.3 Å². The van der Waals surface area contributed by atoms with E-state index in [1.54, 1.807) is 6.07 Å². The number of ether oxygens (including phenoxy) is 1. The first kappa shape index (κ1) is 14.0. The lowest BCUT2D eigenvalue weighted by molar-refractivity contribution is -0.157. The lowest BCUT2D eigenvalue weighted by Crippen LogP contribution is -2.44. The molecular formula is C13H17NO4S. The second kappa shape index (κ2) is 4.94. The molecule has 1 unspecified atom stereocenters. The quantitative estimate of drug-likeness (QED) is 0.809. The highest BCUT2D eigenvalue weighted by Crippen LogP contribution is 2.27. The Balaban J connectivity index is 2.09. The first-order valence-corrected chi connectivity index (χ1v) is 6.89. The molecule has 1 atom stereocenters. The molecule has 0 bridgehead atoms. The lowest BCUT2D eigenvalue weighted by atomic mass is 10.0. The minimum absolute atomic E-state index is 0.291. The van der Waals surface area contributed by atoms with Crippen LogP contribution in [0, 0.1) is 0 Å². The maximum Gasteiger partial charge on any atom is 0.345 e. The molecule has 0 fully saturated rings. The predicted octanol–water partition coefficient (Wildman–Crippen LogP) is 1.80. The Morgan fingerprint density at radius 2 is 2.16 bits per heavy atom. The molecule has 6 heteroatoms. The first-order valence-electron chi connectivity index (χ1n) is 6.07. The van der Waals surface area contributed by atoms with E-state index in [2.05, 4.69) is 5.32 Å². The summed E-state index contributed by atoms with van der Waals surface area (Å²) in [6.45, 7) is 5.99. The molecule has 0 saturated carbocycles. The normalized spacial score (nSPS) is 18.8. The maximum atomic E-state index is 12.0. The molecule has 5 nitrogen and oxygen atoms in total. The summed E-state index contributed by atoms with van der Waals surface area (Å²) in [5.74, 6) is -1.21. The lowest BCUT2D eigenvalue weighted by Gasteiger charge is -2.27. The SMILES string of the molecule is CC(C)(C)OC(=O)C1Cc2cc(C(=O)O)sc2CN1. The van der Waals surface area contributed by atoms with E-state index in [9.17, 15) is 9.59 Å². The third kappa shape index (κ3) is 3.33. The van der Waals surface area contributed by atoms with E-state index in [1.165, 1.54) is 11.3 Å². The van der Waals surface area contributed by atoms with Crippen LogP contribution in [0.15, 0.2) is 6.07 Å². The Hall–Kier alpha value is -1.40. The standard InChI is InChI=1S/C13H17NO4S/c1-13(2,3)18-12(17)8-4-7-5-9(11(15)16)19-10(7)6-14-8/h5,8,14H,4,6H2,1-3H3,(H,15,16). The summed E-state index contributed by atoms with van der Waals surface area (Å²) in [5, 5.41) is 12.1. The Bertz CT molecular complexity index is 515. The van der Waals surface area contributed by atoms with E-state index in [0.717, 1.165) is 10.4 Å². The number of aromatic carboxylic acids is 1. The van der Waals surface area contributed by atoms with Gasteiger partial charge in [0, 0.05) is 11.4 Å². The Morgan fingerprint density at radius 3 is 2.74 bits per heavy atom. The van der Waals surface area contributed by atoms with Gasteiger partial charge in [0.05, 0.1) is 0 Å². The number of carboxylic acids is 1. The van der Waals surface area contributed by atoms with Gasteiger partial charge in [-0.2, -0.15) is 0 Å². The number of hydrogen-bond acceptors (Lipinski definition) is 5. The summed E-state index contributed by atoms with van der Waals surface area (Å²) >= 11 is 1.26. The van der Waals surface area contributed by atoms with Gasteiger partial charge in [-0.15, -0.1) is 11.3 Å². The van der Waals surface area contributed by atoms with Crippen LogP contribution in [0.1, 0.15) is 40.9 Å². The molecule has 1 aliphatic rings. The Morgan fingerprint density at radius 1 is 1.47 bits per heavy atom. The minimum Gasteiger partial charge on any atom is -0.477 e. The zero-order valence-electron chi connectivity index (χ0n) is 11.1. The fraction of sp³-hybridized carbons (Fsp3) is 0.538. The van der Waals surface area contributed by atoms with Crippen LogP contribution in [0.2, 0.25) is 0 Å². The van der Waals surface area contributed by atoms with Gasteiger partial charge in [-0.1, -0.05) is 0 Å². The fourth-order valence-corrected chi connectivity index (χ4v) is 2.92. The number of carboxylic acid groups (broad SMARTS) is 1. The van der Waals surface area contributed by atoms with Gasteiger partial charge in [0.15, 0.2) is 0 Å². The molecule has 1 aromatic rings. The van der Waals surface area contributed by atoms with Crippen LogP contribution in [0.4, 0.5) is 0 Å². The van der Waals surface area contributed by atoms with Crippen molar-refractivity contribution in [2.75, 3.05) is 0 Å². The minimum atomic E-state index is -0.923. The molecule has 0 saturated heterocycles. The van der Waals surface area contributed by atoms with Crippen molar-refractivity contribution in [1.29, 1.82) is 0 Å². The summed E-state index contributed by atoms with van der Waals surface area (Å²) in [5.41, 5.74) is 0.414. The summed E-state index contributed by atoms with van der Waals surface area (Å²) < 4.78 is 5.33. The molecule has 1 aliphatic heterocycles. The van der Waals surface area contributed by atoms with Crippen molar-refractivity contribution in [3.05, 3.63) is 21.4 Å². The first-order chi connectivity index (χ1) is 8.76. The largest absolute Gasteiger partial charge is 0.477 e. The van der Waals surface area contributed by atoms with Crippen molar-refractivity contribution < 1.29 is 19.4 Å². The number of esters is 1. The molecule has 0 amide bonds. The molecule has 2 N–H and O–H groups in total. The van der Waals surface area contributed by atoms with Gasteiger partial charge in [-0.3, -0.25) is 10.1 Å². The molecule has 0 aliphatic carbocycles. The Labute approximate surface area is 115 Å². The number of carbonyl (C=O) groups excluding carboxylic acids is 1. The highest BCUT2D eigenvalue weighted by atomic mass is 32.1. The summed E-state index contributed by atoms with van der Waals surface area (Å²) in [7, 11) is 0. The molecule has 0 aromatic carbocycles. The molecule has 0 radical (unpaired) electrons. The van der Waals surface area contributed by atoms with E-state index in [1.807, 2.05) is 20.8 Å². The smallest absolute Gasteiger partial charge is 0.345 e. The monoisotopic (exact) mass is 283 g/mol. The molecule has 104 valence electrons. The average Bonchev–Trinajstić information content (AvgIpc) is 2.69. The van der Waals surface area contributed by atoms with Crippen molar-refractivity contribution in [2.45, 2.75) is 45.4 Å². The maximum absolute atomic E-state index is 12.0. The van der Waals surface area contributed by atoms with Gasteiger partial charge in [-0.25, -0.2) is 4.79 Å². The molecule has 19 heavy (non-hydrogen) atoms. The van der Waals surface area contributed by atoms with Crippen LogP contribution in [-0.4, -0.2) is 28.7 Å². The molecule has 2 heterocycles. The number of thiophene rings is 1. The van der Waals surface area contributed by atoms with Gasteiger partial charge in [0.2, 0.25) is 0 Å².